The van der Waals surface area contributed by atoms with Crippen LogP contribution in [0.25, 0.3) is 0 Å². The molecule has 1 N–H and O–H groups in total. The van der Waals surface area contributed by atoms with Gasteiger partial charge in [0.05, 0.1) is 18.6 Å². The highest BCUT2D eigenvalue weighted by atomic mass is 79.9. The molecule has 0 atom stereocenters. The molecule has 5 nitrogen and oxygen atoms in total. The van der Waals surface area contributed by atoms with Crippen LogP contribution >= 0.6 is 15.9 Å². The molecule has 0 aliphatic rings. The van der Waals surface area contributed by atoms with Gasteiger partial charge in [-0.3, -0.25) is 9.36 Å². The Labute approximate surface area is 94.2 Å². The van der Waals surface area contributed by atoms with E-state index in [2.05, 4.69) is 27.5 Å². The zero-order valence-electron chi connectivity index (χ0n) is 8.03. The normalized spacial score (nSPS) is 10.0. The van der Waals surface area contributed by atoms with Gasteiger partial charge in [0.1, 0.15) is 4.47 Å². The number of carboxylic acids is 1. The number of aliphatic carboxylic acids is 1. The van der Waals surface area contributed by atoms with Crippen LogP contribution in [0.1, 0.15) is 5.69 Å². The molecular formula is C9H9BrN2O3. The maximum atomic E-state index is 11.6. The molecular weight excluding hydrogens is 264 g/mol. The number of hydrogen-bond acceptors (Lipinski definition) is 3. The summed E-state index contributed by atoms with van der Waals surface area (Å²) in [6, 6.07) is 0. The van der Waals surface area contributed by atoms with E-state index >= 15 is 0 Å². The van der Waals surface area contributed by atoms with E-state index in [0.717, 1.165) is 0 Å². The van der Waals surface area contributed by atoms with E-state index in [1.807, 2.05) is 0 Å². The molecule has 0 aliphatic carbocycles. The lowest BCUT2D eigenvalue weighted by molar-refractivity contribution is -0.132. The zero-order valence-corrected chi connectivity index (χ0v) is 9.61. The average molecular weight is 273 g/mol. The molecule has 0 fully saturated rings. The smallest absolute Gasteiger partial charge is 0.332 e. The van der Waals surface area contributed by atoms with Crippen molar-refractivity contribution >= 4 is 21.9 Å². The van der Waals surface area contributed by atoms with Crippen LogP contribution in [-0.4, -0.2) is 20.6 Å². The molecule has 0 spiro atoms. The van der Waals surface area contributed by atoms with Gasteiger partial charge in [-0.15, -0.1) is 0 Å². The minimum atomic E-state index is -1.13. The Balaban J connectivity index is 3.08. The summed E-state index contributed by atoms with van der Waals surface area (Å²) in [7, 11) is 0. The predicted octanol–water partition coefficient (Wildman–Crippen LogP) is 0.955. The third kappa shape index (κ3) is 2.53. The zero-order chi connectivity index (χ0) is 11.6. The molecule has 0 saturated carbocycles. The number of hydrogen-bond donors (Lipinski definition) is 1. The third-order valence-electron chi connectivity index (χ3n) is 1.82. The Bertz CT molecular complexity index is 479. The molecule has 0 amide bonds. The van der Waals surface area contributed by atoms with Gasteiger partial charge in [-0.05, 0) is 22.9 Å². The molecule has 0 radical (unpaired) electrons. The van der Waals surface area contributed by atoms with E-state index in [0.29, 0.717) is 10.2 Å². The van der Waals surface area contributed by atoms with Gasteiger partial charge in [0.15, 0.2) is 0 Å². The highest BCUT2D eigenvalue weighted by Crippen LogP contribution is 2.06. The molecule has 0 aromatic carbocycles. The maximum Gasteiger partial charge on any atom is 0.332 e. The molecule has 1 heterocycles. The third-order valence-corrected chi connectivity index (χ3v) is 2.73. The van der Waals surface area contributed by atoms with Gasteiger partial charge in [-0.1, -0.05) is 6.58 Å². The lowest BCUT2D eigenvalue weighted by Gasteiger charge is -2.06. The second-order valence-corrected chi connectivity index (χ2v) is 3.78. The summed E-state index contributed by atoms with van der Waals surface area (Å²) in [4.78, 5) is 26.0. The van der Waals surface area contributed by atoms with Crippen molar-refractivity contribution < 1.29 is 9.90 Å². The Morgan fingerprint density at radius 2 is 2.33 bits per heavy atom. The maximum absolute atomic E-state index is 11.6. The van der Waals surface area contributed by atoms with Crippen LogP contribution in [0.2, 0.25) is 0 Å². The largest absolute Gasteiger partial charge is 0.478 e. The Kier molecular flexibility index (Phi) is 3.41. The SMILES string of the molecule is C=C(Cn1cnc(C)c(Br)c1=O)C(=O)O. The summed E-state index contributed by atoms with van der Waals surface area (Å²) in [5.74, 6) is -1.13. The fourth-order valence-electron chi connectivity index (χ4n) is 0.932. The lowest BCUT2D eigenvalue weighted by atomic mass is 10.3. The van der Waals surface area contributed by atoms with Crippen LogP contribution in [-0.2, 0) is 11.3 Å². The summed E-state index contributed by atoms with van der Waals surface area (Å²) in [6.07, 6.45) is 1.30. The Morgan fingerprint density at radius 3 is 2.87 bits per heavy atom. The van der Waals surface area contributed by atoms with E-state index in [1.165, 1.54) is 10.9 Å². The summed E-state index contributed by atoms with van der Waals surface area (Å²) in [5.41, 5.74) is 0.191. The topological polar surface area (TPSA) is 72.2 Å². The van der Waals surface area contributed by atoms with Crippen LogP contribution in [0.5, 0.6) is 0 Å². The average Bonchev–Trinajstić information content (AvgIpc) is 2.18. The molecule has 0 aliphatic heterocycles. The Hall–Kier alpha value is -1.43. The van der Waals surface area contributed by atoms with Crippen molar-refractivity contribution in [2.75, 3.05) is 0 Å². The van der Waals surface area contributed by atoms with Crippen LogP contribution in [0, 0.1) is 6.92 Å². The van der Waals surface area contributed by atoms with E-state index in [9.17, 15) is 9.59 Å². The first-order valence-corrected chi connectivity index (χ1v) is 4.85. The number of aromatic nitrogens is 2. The number of rotatable bonds is 3. The molecule has 15 heavy (non-hydrogen) atoms. The van der Waals surface area contributed by atoms with Gasteiger partial charge >= 0.3 is 5.97 Å². The summed E-state index contributed by atoms with van der Waals surface area (Å²) in [6.45, 7) is 4.95. The summed E-state index contributed by atoms with van der Waals surface area (Å²) in [5, 5.41) is 8.61. The number of halogens is 1. The van der Waals surface area contributed by atoms with E-state index in [4.69, 9.17) is 5.11 Å². The second-order valence-electron chi connectivity index (χ2n) is 2.99. The number of carbonyl (C=O) groups is 1. The van der Waals surface area contributed by atoms with Gasteiger partial charge in [0.25, 0.3) is 5.56 Å². The molecule has 1 aromatic heterocycles. The van der Waals surface area contributed by atoms with Crippen molar-refractivity contribution in [3.63, 3.8) is 0 Å². The molecule has 1 rings (SSSR count). The van der Waals surface area contributed by atoms with Crippen molar-refractivity contribution in [1.82, 2.24) is 9.55 Å². The fourth-order valence-corrected chi connectivity index (χ4v) is 1.26. The van der Waals surface area contributed by atoms with Gasteiger partial charge < -0.3 is 5.11 Å². The fraction of sp³-hybridized carbons (Fsp3) is 0.222. The van der Waals surface area contributed by atoms with Crippen molar-refractivity contribution in [3.05, 3.63) is 39.0 Å². The van der Waals surface area contributed by atoms with E-state index in [1.54, 1.807) is 6.92 Å². The first kappa shape index (κ1) is 11.6. The standard InChI is InChI=1S/C9H9BrN2O3/c1-5(9(14)15)3-12-4-11-6(2)7(10)8(12)13/h4H,1,3H2,2H3,(H,14,15). The molecule has 0 bridgehead atoms. The minimum absolute atomic E-state index is 0.0605. The summed E-state index contributed by atoms with van der Waals surface area (Å²) >= 11 is 3.08. The number of nitrogens with zero attached hydrogens (tertiary/aromatic N) is 2. The Morgan fingerprint density at radius 1 is 1.73 bits per heavy atom. The van der Waals surface area contributed by atoms with Gasteiger partial charge in [-0.25, -0.2) is 9.78 Å². The van der Waals surface area contributed by atoms with Crippen molar-refractivity contribution in [2.24, 2.45) is 0 Å². The summed E-state index contributed by atoms with van der Waals surface area (Å²) < 4.78 is 1.52. The monoisotopic (exact) mass is 272 g/mol. The minimum Gasteiger partial charge on any atom is -0.478 e. The van der Waals surface area contributed by atoms with Crippen LogP contribution in [0.4, 0.5) is 0 Å². The lowest BCUT2D eigenvalue weighted by Crippen LogP contribution is -2.24. The number of aryl methyl sites for hydroxylation is 1. The molecule has 1 aromatic rings. The van der Waals surface area contributed by atoms with Crippen molar-refractivity contribution in [2.45, 2.75) is 13.5 Å². The van der Waals surface area contributed by atoms with Crippen LogP contribution in [0.15, 0.2) is 27.7 Å². The predicted molar refractivity (Wildman–Crippen MR) is 57.7 cm³/mol. The van der Waals surface area contributed by atoms with Crippen molar-refractivity contribution in [1.29, 1.82) is 0 Å². The highest BCUT2D eigenvalue weighted by Gasteiger charge is 2.09. The van der Waals surface area contributed by atoms with Crippen LogP contribution < -0.4 is 5.56 Å². The number of carboxylic acid groups (broad SMARTS) is 1. The molecule has 0 unspecified atom stereocenters. The first-order valence-electron chi connectivity index (χ1n) is 4.06. The molecule has 80 valence electrons. The highest BCUT2D eigenvalue weighted by molar-refractivity contribution is 9.10. The molecule has 6 heteroatoms. The van der Waals surface area contributed by atoms with Gasteiger partial charge in [-0.2, -0.15) is 0 Å². The van der Waals surface area contributed by atoms with E-state index < -0.39 is 5.97 Å². The second kappa shape index (κ2) is 4.39. The quantitative estimate of drug-likeness (QED) is 0.832. The van der Waals surface area contributed by atoms with Crippen molar-refractivity contribution in [3.8, 4) is 0 Å². The molecule has 0 saturated heterocycles. The first-order chi connectivity index (χ1) is 6.93. The van der Waals surface area contributed by atoms with E-state index in [-0.39, 0.29) is 17.7 Å². The van der Waals surface area contributed by atoms with Crippen LogP contribution in [0.3, 0.4) is 0 Å². The van der Waals surface area contributed by atoms with Gasteiger partial charge in [0, 0.05) is 5.57 Å². The van der Waals surface area contributed by atoms with Gasteiger partial charge in [0.2, 0.25) is 0 Å².